The van der Waals surface area contributed by atoms with Gasteiger partial charge in [-0.25, -0.2) is 0 Å². The number of ether oxygens (including phenoxy) is 3. The van der Waals surface area contributed by atoms with Crippen molar-refractivity contribution in [2.24, 2.45) is 0 Å². The molecule has 10 atom stereocenters. The molecule has 0 aliphatic carbocycles. The van der Waals surface area contributed by atoms with Gasteiger partial charge in [0, 0.05) is 11.6 Å². The van der Waals surface area contributed by atoms with Crippen LogP contribution in [0, 0.1) is 0 Å². The normalized spacial score (nSPS) is 33.0. The van der Waals surface area contributed by atoms with Gasteiger partial charge in [-0.1, -0.05) is 0 Å². The first-order chi connectivity index (χ1) is 20.4. The highest BCUT2D eigenvalue weighted by Gasteiger charge is 2.47. The number of phenols is 3. The maximum atomic E-state index is 13.9. The molecule has 0 saturated carbocycles. The minimum absolute atomic E-state index is 0.119. The number of benzene rings is 2. The van der Waals surface area contributed by atoms with Gasteiger partial charge >= 0.3 is 0 Å². The number of hydrogen-bond donors (Lipinski definition) is 11. The van der Waals surface area contributed by atoms with Gasteiger partial charge in [-0.05, 0) is 24.3 Å². The monoisotopic (exact) mass is 610 g/mol. The van der Waals surface area contributed by atoms with Gasteiger partial charge < -0.3 is 74.8 Å². The highest BCUT2D eigenvalue weighted by atomic mass is 16.7. The second kappa shape index (κ2) is 11.9. The first-order valence-corrected chi connectivity index (χ1v) is 13.0. The Bertz CT molecular complexity index is 1520. The summed E-state index contributed by atoms with van der Waals surface area (Å²) in [6.45, 7) is -1.61. The molecule has 16 nitrogen and oxygen atoms in total. The van der Waals surface area contributed by atoms with E-state index in [0.29, 0.717) is 0 Å². The second-order valence-electron chi connectivity index (χ2n) is 10.2. The summed E-state index contributed by atoms with van der Waals surface area (Å²) in [5.74, 6) is -2.99. The molecule has 1 aromatic heterocycles. The summed E-state index contributed by atoms with van der Waals surface area (Å²) >= 11 is 0. The SMILES string of the molecule is O=c1c(O[C@@H]2OC(CO)[C@@H](O)[C@H](O)C2O)c(-c2ccc(O)cc2)oc2cc(O)c([C@@H]3OC(CO)[C@@H](O)[C@H](O)C3O)c(O)c12. The molecule has 4 unspecified atom stereocenters. The highest BCUT2D eigenvalue weighted by molar-refractivity contribution is 5.90. The number of phenolic OH excluding ortho intramolecular Hbond substituents is 3. The summed E-state index contributed by atoms with van der Waals surface area (Å²) < 4.78 is 22.3. The third kappa shape index (κ3) is 5.27. The zero-order valence-electron chi connectivity index (χ0n) is 22.0. The number of aromatic hydroxyl groups is 3. The van der Waals surface area contributed by atoms with Crippen molar-refractivity contribution in [1.82, 2.24) is 0 Å². The lowest BCUT2D eigenvalue weighted by Crippen LogP contribution is -2.60. The van der Waals surface area contributed by atoms with E-state index in [2.05, 4.69) is 0 Å². The molecule has 2 fully saturated rings. The third-order valence-electron chi connectivity index (χ3n) is 7.52. The van der Waals surface area contributed by atoms with Crippen molar-refractivity contribution in [2.45, 2.75) is 61.2 Å². The molecule has 0 spiro atoms. The fraction of sp³-hybridized carbons (Fsp3) is 0.444. The predicted molar refractivity (Wildman–Crippen MR) is 140 cm³/mol. The van der Waals surface area contributed by atoms with E-state index in [9.17, 15) is 61.0 Å². The van der Waals surface area contributed by atoms with Crippen LogP contribution in [0.1, 0.15) is 11.7 Å². The number of hydrogen-bond acceptors (Lipinski definition) is 16. The Hall–Kier alpha value is -3.55. The van der Waals surface area contributed by atoms with Crippen LogP contribution in [0.5, 0.6) is 23.0 Å². The lowest BCUT2D eigenvalue weighted by Gasteiger charge is -2.40. The molecule has 0 bridgehead atoms. The van der Waals surface area contributed by atoms with Gasteiger partial charge in [0.1, 0.15) is 83.2 Å². The van der Waals surface area contributed by atoms with Crippen LogP contribution in [-0.4, -0.2) is 125 Å². The molecule has 16 heteroatoms. The largest absolute Gasteiger partial charge is 0.508 e. The summed E-state index contributed by atoms with van der Waals surface area (Å²) in [5, 5.41) is 112. The molecule has 2 aromatic carbocycles. The molecule has 3 heterocycles. The van der Waals surface area contributed by atoms with Gasteiger partial charge in [0.15, 0.2) is 5.76 Å². The Kier molecular flexibility index (Phi) is 8.52. The first-order valence-electron chi connectivity index (χ1n) is 13.0. The topological polar surface area (TPSA) is 280 Å². The highest BCUT2D eigenvalue weighted by Crippen LogP contribution is 2.46. The molecule has 2 aliphatic rings. The maximum absolute atomic E-state index is 13.9. The summed E-state index contributed by atoms with van der Waals surface area (Å²) in [4.78, 5) is 13.9. The van der Waals surface area contributed by atoms with Gasteiger partial charge in [0.05, 0.1) is 18.8 Å². The van der Waals surface area contributed by atoms with E-state index in [4.69, 9.17) is 18.6 Å². The second-order valence-corrected chi connectivity index (χ2v) is 10.2. The Morgan fingerprint density at radius 2 is 1.33 bits per heavy atom. The Morgan fingerprint density at radius 1 is 0.744 bits per heavy atom. The van der Waals surface area contributed by atoms with E-state index in [1.807, 2.05) is 0 Å². The van der Waals surface area contributed by atoms with Crippen molar-refractivity contribution in [3.63, 3.8) is 0 Å². The van der Waals surface area contributed by atoms with Crippen LogP contribution in [-0.2, 0) is 9.47 Å². The average Bonchev–Trinajstić information content (AvgIpc) is 2.98. The molecule has 0 radical (unpaired) electrons. The number of fused-ring (bicyclic) bond motifs is 1. The zero-order chi connectivity index (χ0) is 31.3. The summed E-state index contributed by atoms with van der Waals surface area (Å²) in [7, 11) is 0. The van der Waals surface area contributed by atoms with Gasteiger partial charge in [-0.3, -0.25) is 4.79 Å². The molecule has 2 aliphatic heterocycles. The number of rotatable bonds is 6. The van der Waals surface area contributed by atoms with Gasteiger partial charge in [0.25, 0.3) is 0 Å². The van der Waals surface area contributed by atoms with Crippen molar-refractivity contribution in [3.05, 3.63) is 46.1 Å². The smallest absolute Gasteiger partial charge is 0.239 e. The van der Waals surface area contributed by atoms with Crippen LogP contribution < -0.4 is 10.2 Å². The van der Waals surface area contributed by atoms with Crippen molar-refractivity contribution >= 4 is 11.0 Å². The summed E-state index contributed by atoms with van der Waals surface area (Å²) in [5.41, 5.74) is -2.04. The quantitative estimate of drug-likeness (QED) is 0.135. The lowest BCUT2D eigenvalue weighted by atomic mass is 9.89. The van der Waals surface area contributed by atoms with Crippen LogP contribution in [0.15, 0.2) is 39.5 Å². The van der Waals surface area contributed by atoms with Crippen molar-refractivity contribution in [1.29, 1.82) is 0 Å². The molecule has 234 valence electrons. The van der Waals surface area contributed by atoms with Crippen LogP contribution >= 0.6 is 0 Å². The van der Waals surface area contributed by atoms with E-state index in [1.54, 1.807) is 0 Å². The van der Waals surface area contributed by atoms with Crippen LogP contribution in [0.2, 0.25) is 0 Å². The molecule has 5 rings (SSSR count). The standard InChI is InChI=1S/C27H30O16/c28-6-12-16(32)20(36)22(38)25(41-12)14-10(31)5-11-15(18(14)34)19(35)26(24(40-11)8-1-3-9(30)4-2-8)43-27-23(39)21(37)17(33)13(7-29)42-27/h1-5,12-13,16-17,20-23,25,27-34,36-39H,6-7H2/t12?,13?,16-,17-,20+,21+,22?,23?,25+,27+/m1/s1. The Labute approximate surface area is 241 Å². The molecule has 11 N–H and O–H groups in total. The van der Waals surface area contributed by atoms with Gasteiger partial charge in [-0.2, -0.15) is 0 Å². The van der Waals surface area contributed by atoms with Gasteiger partial charge in [-0.15, -0.1) is 0 Å². The predicted octanol–water partition coefficient (Wildman–Crippen LogP) is -2.73. The minimum Gasteiger partial charge on any atom is -0.508 e. The fourth-order valence-electron chi connectivity index (χ4n) is 5.13. The van der Waals surface area contributed by atoms with E-state index in [-0.39, 0.29) is 17.1 Å². The molecule has 43 heavy (non-hydrogen) atoms. The fourth-order valence-corrected chi connectivity index (χ4v) is 5.13. The van der Waals surface area contributed by atoms with E-state index >= 15 is 0 Å². The van der Waals surface area contributed by atoms with Crippen LogP contribution in [0.4, 0.5) is 0 Å². The maximum Gasteiger partial charge on any atom is 0.239 e. The molecule has 0 amide bonds. The van der Waals surface area contributed by atoms with Crippen molar-refractivity contribution < 1.29 is 74.8 Å². The first kappa shape index (κ1) is 30.9. The zero-order valence-corrected chi connectivity index (χ0v) is 22.0. The Balaban J connectivity index is 1.70. The molecule has 2 saturated heterocycles. The molecular weight excluding hydrogens is 580 g/mol. The average molecular weight is 611 g/mol. The Morgan fingerprint density at radius 3 is 1.93 bits per heavy atom. The van der Waals surface area contributed by atoms with Gasteiger partial charge in [0.2, 0.25) is 17.5 Å². The summed E-state index contributed by atoms with van der Waals surface area (Å²) in [6, 6.07) is 6.03. The number of aliphatic hydroxyl groups is 8. The third-order valence-corrected chi connectivity index (χ3v) is 7.52. The van der Waals surface area contributed by atoms with Crippen LogP contribution in [0.25, 0.3) is 22.3 Å². The minimum atomic E-state index is -1.95. The lowest BCUT2D eigenvalue weighted by molar-refractivity contribution is -0.277. The van der Waals surface area contributed by atoms with E-state index in [1.165, 1.54) is 24.3 Å². The molecule has 3 aromatic rings. The van der Waals surface area contributed by atoms with Crippen LogP contribution in [0.3, 0.4) is 0 Å². The number of aliphatic hydroxyl groups excluding tert-OH is 8. The van der Waals surface area contributed by atoms with E-state index in [0.717, 1.165) is 6.07 Å². The van der Waals surface area contributed by atoms with E-state index < -0.39 is 114 Å². The van der Waals surface area contributed by atoms with Crippen molar-refractivity contribution in [2.75, 3.05) is 13.2 Å². The molecular formula is C27H30O16. The summed E-state index contributed by atoms with van der Waals surface area (Å²) in [6.07, 6.45) is -17.6. The van der Waals surface area contributed by atoms with Crippen molar-refractivity contribution in [3.8, 4) is 34.3 Å².